The number of carbonyl (C=O) groups excluding carboxylic acids is 2. The van der Waals surface area contributed by atoms with Crippen molar-refractivity contribution in [2.75, 3.05) is 38.0 Å². The quantitative estimate of drug-likeness (QED) is 0.613. The zero-order chi connectivity index (χ0) is 19.6. The summed E-state index contributed by atoms with van der Waals surface area (Å²) in [6.07, 6.45) is 6.33. The van der Waals surface area contributed by atoms with Gasteiger partial charge in [-0.15, -0.1) is 0 Å². The molecule has 0 bridgehead atoms. The zero-order valence-electron chi connectivity index (χ0n) is 17.1. The van der Waals surface area contributed by atoms with Crippen molar-refractivity contribution in [3.8, 4) is 0 Å². The minimum Gasteiger partial charge on any atom is -0.360 e. The number of carbonyl (C=O) groups is 2. The number of quaternary nitrogens is 1. The summed E-state index contributed by atoms with van der Waals surface area (Å²) < 4.78 is 4.98. The summed E-state index contributed by atoms with van der Waals surface area (Å²) in [6.45, 7) is 9.91. The maximum absolute atomic E-state index is 13.1. The molecule has 2 amide bonds. The average Bonchev–Trinajstić information content (AvgIpc) is 3.30. The Bertz CT molecular complexity index is 596. The van der Waals surface area contributed by atoms with Crippen molar-refractivity contribution in [2.24, 2.45) is 5.92 Å². The molecule has 1 aliphatic heterocycles. The van der Waals surface area contributed by atoms with Crippen molar-refractivity contribution in [2.45, 2.75) is 59.3 Å². The molecule has 27 heavy (non-hydrogen) atoms. The van der Waals surface area contributed by atoms with Crippen molar-refractivity contribution >= 4 is 17.6 Å². The first-order valence-corrected chi connectivity index (χ1v) is 10.4. The van der Waals surface area contributed by atoms with E-state index in [9.17, 15) is 9.59 Å². The van der Waals surface area contributed by atoms with E-state index in [4.69, 9.17) is 4.52 Å². The summed E-state index contributed by atoms with van der Waals surface area (Å²) in [5, 5.41) is 6.53. The van der Waals surface area contributed by atoms with Gasteiger partial charge in [-0.05, 0) is 19.8 Å². The summed E-state index contributed by atoms with van der Waals surface area (Å²) in [5.74, 6) is 0.921. The van der Waals surface area contributed by atoms with Crippen LogP contribution in [0.25, 0.3) is 0 Å². The van der Waals surface area contributed by atoms with Crippen LogP contribution in [0.15, 0.2) is 10.6 Å². The largest absolute Gasteiger partial charge is 0.360 e. The number of nitrogens with zero attached hydrogens (tertiary/aromatic N) is 2. The number of likely N-dealkylation sites (tertiary alicyclic amines) is 1. The van der Waals surface area contributed by atoms with Crippen LogP contribution >= 0.6 is 0 Å². The van der Waals surface area contributed by atoms with Gasteiger partial charge in [-0.3, -0.25) is 9.59 Å². The molecular formula is C20H35N4O3+. The molecule has 1 aliphatic rings. The third-order valence-corrected chi connectivity index (χ3v) is 5.34. The van der Waals surface area contributed by atoms with E-state index in [1.165, 1.54) is 30.8 Å². The standard InChI is InChI=1S/C20H34N4O3/c1-4-6-9-17(5-2)20(26)24(13-12-23-10-7-8-11-23)15-19(25)21-18-14-16(3)27-22-18/h14,17H,4-13,15H2,1-3H3,(H,21,22,25)/p+1/t17-/m0/s1. The number of hydrogen-bond acceptors (Lipinski definition) is 4. The molecule has 0 aliphatic carbocycles. The molecule has 152 valence electrons. The Kier molecular flexibility index (Phi) is 8.78. The van der Waals surface area contributed by atoms with E-state index in [1.807, 2.05) is 0 Å². The topological polar surface area (TPSA) is 79.9 Å². The predicted octanol–water partition coefficient (Wildman–Crippen LogP) is 1.65. The van der Waals surface area contributed by atoms with Crippen molar-refractivity contribution in [3.63, 3.8) is 0 Å². The second-order valence-electron chi connectivity index (χ2n) is 7.59. The Morgan fingerprint density at radius 2 is 2.07 bits per heavy atom. The minimum atomic E-state index is -0.224. The van der Waals surface area contributed by atoms with Gasteiger partial charge in [0.15, 0.2) is 5.82 Å². The lowest BCUT2D eigenvalue weighted by Crippen LogP contribution is -3.10. The predicted molar refractivity (Wildman–Crippen MR) is 105 cm³/mol. The van der Waals surface area contributed by atoms with Crippen molar-refractivity contribution < 1.29 is 19.0 Å². The highest BCUT2D eigenvalue weighted by atomic mass is 16.5. The molecule has 2 N–H and O–H groups in total. The molecule has 0 radical (unpaired) electrons. The lowest BCUT2D eigenvalue weighted by molar-refractivity contribution is -0.886. The Morgan fingerprint density at radius 3 is 2.67 bits per heavy atom. The van der Waals surface area contributed by atoms with Crippen molar-refractivity contribution in [1.29, 1.82) is 0 Å². The van der Waals surface area contributed by atoms with Gasteiger partial charge in [-0.2, -0.15) is 0 Å². The number of aromatic nitrogens is 1. The molecule has 0 unspecified atom stereocenters. The van der Waals surface area contributed by atoms with Gasteiger partial charge in [0.1, 0.15) is 12.3 Å². The van der Waals surface area contributed by atoms with Crippen molar-refractivity contribution in [3.05, 3.63) is 11.8 Å². The number of anilines is 1. The molecule has 7 nitrogen and oxygen atoms in total. The third kappa shape index (κ3) is 6.97. The summed E-state index contributed by atoms with van der Waals surface area (Å²) in [7, 11) is 0. The molecule has 7 heteroatoms. The number of hydrogen-bond donors (Lipinski definition) is 2. The van der Waals surface area contributed by atoms with E-state index >= 15 is 0 Å². The van der Waals surface area contributed by atoms with Crippen LogP contribution in [0.3, 0.4) is 0 Å². The molecule has 2 heterocycles. The van der Waals surface area contributed by atoms with Gasteiger partial charge in [0.25, 0.3) is 0 Å². The smallest absolute Gasteiger partial charge is 0.245 e. The number of aryl methyl sites for hydroxylation is 1. The monoisotopic (exact) mass is 379 g/mol. The highest BCUT2D eigenvalue weighted by Crippen LogP contribution is 2.16. The first-order valence-electron chi connectivity index (χ1n) is 10.4. The fourth-order valence-corrected chi connectivity index (χ4v) is 3.68. The molecule has 1 fully saturated rings. The van der Waals surface area contributed by atoms with Crippen LogP contribution in [-0.2, 0) is 9.59 Å². The van der Waals surface area contributed by atoms with Crippen molar-refractivity contribution in [1.82, 2.24) is 10.1 Å². The minimum absolute atomic E-state index is 0.000577. The number of amides is 2. The van der Waals surface area contributed by atoms with Gasteiger partial charge < -0.3 is 19.6 Å². The van der Waals surface area contributed by atoms with E-state index in [-0.39, 0.29) is 24.3 Å². The summed E-state index contributed by atoms with van der Waals surface area (Å²) in [4.78, 5) is 28.8. The fourth-order valence-electron chi connectivity index (χ4n) is 3.68. The van der Waals surface area contributed by atoms with E-state index < -0.39 is 0 Å². The van der Waals surface area contributed by atoms with E-state index in [1.54, 1.807) is 17.9 Å². The van der Waals surface area contributed by atoms with Gasteiger partial charge in [0.05, 0.1) is 26.2 Å². The summed E-state index contributed by atoms with van der Waals surface area (Å²) in [6, 6.07) is 1.68. The van der Waals surface area contributed by atoms with E-state index in [0.29, 0.717) is 18.1 Å². The molecule has 1 saturated heterocycles. The van der Waals surface area contributed by atoms with Crippen LogP contribution in [0.1, 0.15) is 58.1 Å². The normalized spacial score (nSPS) is 15.7. The Labute approximate surface area is 162 Å². The van der Waals surface area contributed by atoms with Crippen LogP contribution in [0, 0.1) is 12.8 Å². The Hall–Kier alpha value is -1.89. The SMILES string of the molecule is CCCC[C@H](CC)C(=O)N(CC[NH+]1CCCC1)CC(=O)Nc1cc(C)on1. The molecule has 1 atom stereocenters. The Balaban J connectivity index is 1.97. The van der Waals surface area contributed by atoms with Gasteiger partial charge in [0.2, 0.25) is 11.8 Å². The summed E-state index contributed by atoms with van der Waals surface area (Å²) in [5.41, 5.74) is 0. The molecular weight excluding hydrogens is 344 g/mol. The second-order valence-corrected chi connectivity index (χ2v) is 7.59. The first-order chi connectivity index (χ1) is 13.0. The van der Waals surface area contributed by atoms with E-state index in [2.05, 4.69) is 24.3 Å². The molecule has 0 saturated carbocycles. The molecule has 0 spiro atoms. The second kappa shape index (κ2) is 11.1. The van der Waals surface area contributed by atoms with Crippen LogP contribution in [0.2, 0.25) is 0 Å². The molecule has 1 aromatic heterocycles. The van der Waals surface area contributed by atoms with Gasteiger partial charge in [-0.25, -0.2) is 0 Å². The lowest BCUT2D eigenvalue weighted by atomic mass is 9.97. The maximum atomic E-state index is 13.1. The first kappa shape index (κ1) is 21.4. The highest BCUT2D eigenvalue weighted by molar-refractivity contribution is 5.94. The van der Waals surface area contributed by atoms with Gasteiger partial charge >= 0.3 is 0 Å². The van der Waals surface area contributed by atoms with E-state index in [0.717, 1.165) is 32.2 Å². The molecule has 1 aromatic rings. The molecule has 2 rings (SSSR count). The fraction of sp³-hybridized carbons (Fsp3) is 0.750. The number of unbranched alkanes of at least 4 members (excludes halogenated alkanes) is 1. The zero-order valence-corrected chi connectivity index (χ0v) is 17.1. The Morgan fingerprint density at radius 1 is 1.33 bits per heavy atom. The average molecular weight is 380 g/mol. The highest BCUT2D eigenvalue weighted by Gasteiger charge is 2.26. The van der Waals surface area contributed by atoms with Gasteiger partial charge in [-0.1, -0.05) is 31.8 Å². The maximum Gasteiger partial charge on any atom is 0.245 e. The van der Waals surface area contributed by atoms with Crippen LogP contribution in [0.5, 0.6) is 0 Å². The molecule has 0 aromatic carbocycles. The van der Waals surface area contributed by atoms with Crippen LogP contribution in [-0.4, -0.2) is 54.6 Å². The number of nitrogens with one attached hydrogen (secondary N) is 2. The van der Waals surface area contributed by atoms with Gasteiger partial charge in [0, 0.05) is 24.8 Å². The third-order valence-electron chi connectivity index (χ3n) is 5.34. The number of rotatable bonds is 11. The van der Waals surface area contributed by atoms with Crippen LogP contribution < -0.4 is 10.2 Å². The summed E-state index contributed by atoms with van der Waals surface area (Å²) >= 11 is 0. The van der Waals surface area contributed by atoms with Crippen LogP contribution in [0.4, 0.5) is 5.82 Å². The lowest BCUT2D eigenvalue weighted by Gasteiger charge is -2.27.